The number of hydrogen-bond donors (Lipinski definition) is 0. The van der Waals surface area contributed by atoms with E-state index >= 15 is 0 Å². The summed E-state index contributed by atoms with van der Waals surface area (Å²) in [6.07, 6.45) is 1.73. The van der Waals surface area contributed by atoms with E-state index in [1.54, 1.807) is 0 Å². The molecule has 0 aromatic carbocycles. The molecule has 0 atom stereocenters. The van der Waals surface area contributed by atoms with Crippen LogP contribution in [0.2, 0.25) is 0 Å². The Balaban J connectivity index is 1.65. The molecule has 1 aliphatic heterocycles. The summed E-state index contributed by atoms with van der Waals surface area (Å²) in [6.45, 7) is 7.09. The van der Waals surface area contributed by atoms with Crippen molar-refractivity contribution < 1.29 is 9.32 Å². The molecule has 2 aromatic rings. The van der Waals surface area contributed by atoms with Gasteiger partial charge >= 0.3 is 0 Å². The Kier molecular flexibility index (Phi) is 3.75. The van der Waals surface area contributed by atoms with Crippen molar-refractivity contribution in [1.82, 2.24) is 20.0 Å². The van der Waals surface area contributed by atoms with Crippen molar-refractivity contribution in [3.8, 4) is 0 Å². The first-order chi connectivity index (χ1) is 10.0. The largest absolute Gasteiger partial charge is 0.339 e. The van der Waals surface area contributed by atoms with Crippen LogP contribution in [0.4, 0.5) is 0 Å². The molecule has 0 unspecified atom stereocenters. The molecule has 0 spiro atoms. The first kappa shape index (κ1) is 14.2. The molecule has 21 heavy (non-hydrogen) atoms. The van der Waals surface area contributed by atoms with Gasteiger partial charge in [-0.1, -0.05) is 5.16 Å². The van der Waals surface area contributed by atoms with Gasteiger partial charge in [0.05, 0.1) is 10.7 Å². The number of carbonyl (C=O) groups excluding carboxylic acids is 1. The number of nitrogens with zero attached hydrogens (tertiary/aromatic N) is 4. The Morgan fingerprint density at radius 2 is 1.95 bits per heavy atom. The molecule has 0 saturated carbocycles. The number of rotatable bonds is 2. The van der Waals surface area contributed by atoms with Gasteiger partial charge in [0.25, 0.3) is 5.91 Å². The lowest BCUT2D eigenvalue weighted by Crippen LogP contribution is -2.37. The Bertz CT molecular complexity index is 656. The number of carbonyl (C=O) groups is 1. The van der Waals surface area contributed by atoms with Crippen molar-refractivity contribution in [3.63, 3.8) is 0 Å². The van der Waals surface area contributed by atoms with E-state index in [4.69, 9.17) is 4.52 Å². The smallest absolute Gasteiger partial charge is 0.265 e. The molecule has 7 heteroatoms. The topological polar surface area (TPSA) is 72.1 Å². The van der Waals surface area contributed by atoms with Crippen molar-refractivity contribution in [2.45, 2.75) is 39.5 Å². The van der Waals surface area contributed by atoms with Gasteiger partial charge in [0.2, 0.25) is 5.89 Å². The predicted octanol–water partition coefficient (Wildman–Crippen LogP) is 2.47. The monoisotopic (exact) mass is 306 g/mol. The minimum absolute atomic E-state index is 0.0956. The quantitative estimate of drug-likeness (QED) is 0.852. The molecule has 0 bridgehead atoms. The van der Waals surface area contributed by atoms with Gasteiger partial charge in [-0.25, -0.2) is 4.98 Å². The van der Waals surface area contributed by atoms with Gasteiger partial charge in [0.1, 0.15) is 4.88 Å². The van der Waals surface area contributed by atoms with Crippen LogP contribution in [-0.4, -0.2) is 39.0 Å². The van der Waals surface area contributed by atoms with Gasteiger partial charge in [0, 0.05) is 19.0 Å². The summed E-state index contributed by atoms with van der Waals surface area (Å²) in [7, 11) is 0. The SMILES string of the molecule is Cc1noc(C2CCN(C(=O)c3sc(C)nc3C)CC2)n1. The molecule has 1 amide bonds. The predicted molar refractivity (Wildman–Crippen MR) is 78.5 cm³/mol. The fourth-order valence-electron chi connectivity index (χ4n) is 2.68. The number of amides is 1. The lowest BCUT2D eigenvalue weighted by molar-refractivity contribution is 0.0708. The van der Waals surface area contributed by atoms with Crippen molar-refractivity contribution in [3.05, 3.63) is 27.3 Å². The molecule has 112 valence electrons. The number of aromatic nitrogens is 3. The van der Waals surface area contributed by atoms with Crippen molar-refractivity contribution in [2.75, 3.05) is 13.1 Å². The molecule has 3 heterocycles. The maximum absolute atomic E-state index is 12.5. The van der Waals surface area contributed by atoms with Gasteiger partial charge in [-0.05, 0) is 33.6 Å². The van der Waals surface area contributed by atoms with E-state index in [0.717, 1.165) is 41.5 Å². The van der Waals surface area contributed by atoms with Crippen LogP contribution in [0.25, 0.3) is 0 Å². The zero-order valence-electron chi connectivity index (χ0n) is 12.4. The minimum atomic E-state index is 0.0956. The zero-order valence-corrected chi connectivity index (χ0v) is 13.2. The number of hydrogen-bond acceptors (Lipinski definition) is 6. The lowest BCUT2D eigenvalue weighted by Gasteiger charge is -2.30. The van der Waals surface area contributed by atoms with Gasteiger partial charge in [0.15, 0.2) is 5.82 Å². The Labute approximate surface area is 127 Å². The molecule has 0 N–H and O–H groups in total. The maximum atomic E-state index is 12.5. The van der Waals surface area contributed by atoms with Crippen LogP contribution in [0.1, 0.15) is 50.8 Å². The van der Waals surface area contributed by atoms with Gasteiger partial charge in [-0.15, -0.1) is 11.3 Å². The highest BCUT2D eigenvalue weighted by Gasteiger charge is 2.29. The average molecular weight is 306 g/mol. The normalized spacial score (nSPS) is 16.4. The van der Waals surface area contributed by atoms with E-state index in [1.165, 1.54) is 11.3 Å². The number of piperidine rings is 1. The van der Waals surface area contributed by atoms with Gasteiger partial charge in [-0.3, -0.25) is 4.79 Å². The second kappa shape index (κ2) is 5.55. The highest BCUT2D eigenvalue weighted by molar-refractivity contribution is 7.13. The van der Waals surface area contributed by atoms with Gasteiger partial charge in [-0.2, -0.15) is 4.98 Å². The summed E-state index contributed by atoms with van der Waals surface area (Å²) in [5, 5.41) is 4.77. The summed E-state index contributed by atoms with van der Waals surface area (Å²) >= 11 is 1.47. The Morgan fingerprint density at radius 3 is 2.48 bits per heavy atom. The Morgan fingerprint density at radius 1 is 1.24 bits per heavy atom. The summed E-state index contributed by atoms with van der Waals surface area (Å²) in [6, 6.07) is 0. The lowest BCUT2D eigenvalue weighted by atomic mass is 9.96. The first-order valence-electron chi connectivity index (χ1n) is 7.08. The fraction of sp³-hybridized carbons (Fsp3) is 0.571. The van der Waals surface area contributed by atoms with E-state index in [-0.39, 0.29) is 11.8 Å². The molecule has 1 fully saturated rings. The van der Waals surface area contributed by atoms with E-state index in [1.807, 2.05) is 25.7 Å². The molecule has 3 rings (SSSR count). The zero-order chi connectivity index (χ0) is 15.0. The number of thiazole rings is 1. The standard InChI is InChI=1S/C14H18N4O2S/c1-8-12(21-10(3)15-8)14(19)18-6-4-11(5-7-18)13-16-9(2)17-20-13/h11H,4-7H2,1-3H3. The van der Waals surface area contributed by atoms with E-state index in [9.17, 15) is 4.79 Å². The Hall–Kier alpha value is -1.76. The highest BCUT2D eigenvalue weighted by atomic mass is 32.1. The van der Waals surface area contributed by atoms with Crippen LogP contribution in [0.15, 0.2) is 4.52 Å². The molecule has 0 radical (unpaired) electrons. The number of aryl methyl sites for hydroxylation is 3. The number of likely N-dealkylation sites (tertiary alicyclic amines) is 1. The third kappa shape index (κ3) is 2.83. The molecule has 1 saturated heterocycles. The van der Waals surface area contributed by atoms with Crippen LogP contribution in [-0.2, 0) is 0 Å². The van der Waals surface area contributed by atoms with Crippen molar-refractivity contribution >= 4 is 17.2 Å². The molecular weight excluding hydrogens is 288 g/mol. The fourth-order valence-corrected chi connectivity index (χ4v) is 3.57. The van der Waals surface area contributed by atoms with Crippen LogP contribution in [0.3, 0.4) is 0 Å². The third-order valence-electron chi connectivity index (χ3n) is 3.77. The average Bonchev–Trinajstić information content (AvgIpc) is 3.04. The van der Waals surface area contributed by atoms with E-state index in [2.05, 4.69) is 15.1 Å². The molecule has 1 aliphatic rings. The summed E-state index contributed by atoms with van der Waals surface area (Å²) in [5.41, 5.74) is 0.831. The summed E-state index contributed by atoms with van der Waals surface area (Å²) in [5.74, 6) is 1.72. The highest BCUT2D eigenvalue weighted by Crippen LogP contribution is 2.28. The minimum Gasteiger partial charge on any atom is -0.339 e. The molecular formula is C14H18N4O2S. The maximum Gasteiger partial charge on any atom is 0.265 e. The molecule has 6 nitrogen and oxygen atoms in total. The van der Waals surface area contributed by atoms with E-state index < -0.39 is 0 Å². The van der Waals surface area contributed by atoms with Crippen LogP contribution >= 0.6 is 11.3 Å². The summed E-state index contributed by atoms with van der Waals surface area (Å²) < 4.78 is 5.23. The van der Waals surface area contributed by atoms with Crippen molar-refractivity contribution in [1.29, 1.82) is 0 Å². The second-order valence-electron chi connectivity index (χ2n) is 5.39. The molecule has 2 aromatic heterocycles. The van der Waals surface area contributed by atoms with Crippen LogP contribution in [0.5, 0.6) is 0 Å². The van der Waals surface area contributed by atoms with Crippen LogP contribution < -0.4 is 0 Å². The van der Waals surface area contributed by atoms with Crippen LogP contribution in [0, 0.1) is 20.8 Å². The third-order valence-corrected chi connectivity index (χ3v) is 4.83. The van der Waals surface area contributed by atoms with Gasteiger partial charge < -0.3 is 9.42 Å². The second-order valence-corrected chi connectivity index (χ2v) is 6.60. The first-order valence-corrected chi connectivity index (χ1v) is 7.89. The molecule has 0 aliphatic carbocycles. The summed E-state index contributed by atoms with van der Waals surface area (Å²) in [4.78, 5) is 23.8. The van der Waals surface area contributed by atoms with Crippen molar-refractivity contribution in [2.24, 2.45) is 0 Å². The van der Waals surface area contributed by atoms with E-state index in [0.29, 0.717) is 11.7 Å².